The van der Waals surface area contributed by atoms with Gasteiger partial charge in [0, 0.05) is 35.5 Å². The van der Waals surface area contributed by atoms with Crippen molar-refractivity contribution in [2.24, 2.45) is 0 Å². The number of carbonyl (C=O) groups is 2. The van der Waals surface area contributed by atoms with Gasteiger partial charge >= 0.3 is 11.9 Å². The molecular formula is C17H19N3O7S. The van der Waals surface area contributed by atoms with Crippen molar-refractivity contribution in [2.75, 3.05) is 17.6 Å². The van der Waals surface area contributed by atoms with Gasteiger partial charge in [-0.05, 0) is 12.5 Å². The first-order valence-electron chi connectivity index (χ1n) is 8.03. The molecule has 1 aromatic heterocycles. The van der Waals surface area contributed by atoms with Crippen LogP contribution in [0.5, 0.6) is 5.75 Å². The van der Waals surface area contributed by atoms with E-state index in [0.717, 1.165) is 23.9 Å². The van der Waals surface area contributed by atoms with E-state index in [1.807, 2.05) is 12.1 Å². The largest absolute Gasteiger partial charge is 0.491 e. The van der Waals surface area contributed by atoms with Crippen LogP contribution in [0, 0.1) is 0 Å². The zero-order chi connectivity index (χ0) is 20.7. The van der Waals surface area contributed by atoms with Crippen molar-refractivity contribution in [3.8, 4) is 5.75 Å². The topological polar surface area (TPSA) is 159 Å². The van der Waals surface area contributed by atoms with E-state index in [9.17, 15) is 18.0 Å². The van der Waals surface area contributed by atoms with Crippen molar-refractivity contribution in [1.29, 1.82) is 0 Å². The summed E-state index contributed by atoms with van der Waals surface area (Å²) < 4.78 is 31.0. The molecule has 0 saturated heterocycles. The lowest BCUT2D eigenvalue weighted by molar-refractivity contribution is -0.134. The Balaban J connectivity index is 0.000000300. The summed E-state index contributed by atoms with van der Waals surface area (Å²) in [6.07, 6.45) is 6.50. The number of aliphatic carboxylic acids is 2. The summed E-state index contributed by atoms with van der Waals surface area (Å²) in [4.78, 5) is 26.3. The highest BCUT2D eigenvalue weighted by Gasteiger charge is 2.26. The van der Waals surface area contributed by atoms with Gasteiger partial charge in [0.2, 0.25) is 10.0 Å². The standard InChI is InChI=1S/C13H15N3O3S.C4H4O4/c1-20(17,18)16-11-4-2-3-10-9(5-6-19-13(10)11)12-7-14-8-15-12;5-3(6)1-2-4(7)8/h2-4,7-9,16H,5-6H2,1H3,(H,14,15);1-2H,(H,5,6)(H,7,8)/b;2-1-. The molecule has 10 nitrogen and oxygen atoms in total. The molecule has 0 saturated carbocycles. The first-order chi connectivity index (χ1) is 13.2. The Morgan fingerprint density at radius 3 is 2.50 bits per heavy atom. The first kappa shape index (κ1) is 21.0. The molecule has 1 unspecified atom stereocenters. The maximum absolute atomic E-state index is 11.4. The third kappa shape index (κ3) is 6.13. The van der Waals surface area contributed by atoms with E-state index in [4.69, 9.17) is 14.9 Å². The molecule has 0 aliphatic carbocycles. The highest BCUT2D eigenvalue weighted by molar-refractivity contribution is 7.92. The number of nitrogens with one attached hydrogen (secondary N) is 2. The highest BCUT2D eigenvalue weighted by atomic mass is 32.2. The van der Waals surface area contributed by atoms with Crippen LogP contribution in [0.15, 0.2) is 42.9 Å². The van der Waals surface area contributed by atoms with Gasteiger partial charge in [-0.15, -0.1) is 0 Å². The zero-order valence-electron chi connectivity index (χ0n) is 14.8. The molecule has 1 aliphatic heterocycles. The van der Waals surface area contributed by atoms with Crippen LogP contribution >= 0.6 is 0 Å². The number of H-pyrrole nitrogens is 1. The normalized spacial score (nSPS) is 15.7. The van der Waals surface area contributed by atoms with Gasteiger partial charge in [0.15, 0.2) is 0 Å². The predicted octanol–water partition coefficient (Wildman–Crippen LogP) is 1.41. The second-order valence-corrected chi connectivity index (χ2v) is 7.55. The second kappa shape index (κ2) is 9.04. The predicted molar refractivity (Wildman–Crippen MR) is 99.9 cm³/mol. The molecule has 28 heavy (non-hydrogen) atoms. The minimum atomic E-state index is -3.33. The van der Waals surface area contributed by atoms with Crippen LogP contribution in [-0.2, 0) is 19.6 Å². The lowest BCUT2D eigenvalue weighted by Crippen LogP contribution is -2.18. The molecular weight excluding hydrogens is 390 g/mol. The number of imidazole rings is 1. The average Bonchev–Trinajstić information content (AvgIpc) is 3.13. The number of fused-ring (bicyclic) bond motifs is 1. The molecule has 4 N–H and O–H groups in total. The number of carboxylic acids is 2. The lowest BCUT2D eigenvalue weighted by Gasteiger charge is -2.26. The highest BCUT2D eigenvalue weighted by Crippen LogP contribution is 2.41. The zero-order valence-corrected chi connectivity index (χ0v) is 15.6. The van der Waals surface area contributed by atoms with E-state index in [2.05, 4.69) is 14.7 Å². The molecule has 0 amide bonds. The molecule has 0 fully saturated rings. The number of aromatic nitrogens is 2. The van der Waals surface area contributed by atoms with Gasteiger partial charge in [-0.3, -0.25) is 4.72 Å². The van der Waals surface area contributed by atoms with Crippen LogP contribution in [0.3, 0.4) is 0 Å². The molecule has 0 spiro atoms. The lowest BCUT2D eigenvalue weighted by atomic mass is 9.90. The number of nitrogens with zero attached hydrogens (tertiary/aromatic N) is 1. The molecule has 150 valence electrons. The molecule has 2 aromatic rings. The number of ether oxygens (including phenoxy) is 1. The van der Waals surface area contributed by atoms with Crippen LogP contribution in [0.2, 0.25) is 0 Å². The average molecular weight is 409 g/mol. The Bertz CT molecular complexity index is 953. The molecule has 1 aliphatic rings. The summed E-state index contributed by atoms with van der Waals surface area (Å²) in [7, 11) is -3.33. The Morgan fingerprint density at radius 2 is 1.96 bits per heavy atom. The van der Waals surface area contributed by atoms with Crippen LogP contribution < -0.4 is 9.46 Å². The summed E-state index contributed by atoms with van der Waals surface area (Å²) in [5, 5.41) is 15.6. The molecule has 1 aromatic carbocycles. The van der Waals surface area contributed by atoms with Crippen molar-refractivity contribution >= 4 is 27.6 Å². The summed E-state index contributed by atoms with van der Waals surface area (Å²) in [5.41, 5.74) is 2.45. The number of benzene rings is 1. The van der Waals surface area contributed by atoms with Crippen molar-refractivity contribution in [2.45, 2.75) is 12.3 Å². The van der Waals surface area contributed by atoms with Crippen molar-refractivity contribution in [3.05, 3.63) is 54.1 Å². The van der Waals surface area contributed by atoms with Crippen LogP contribution in [-0.4, -0.2) is 53.4 Å². The fourth-order valence-electron chi connectivity index (χ4n) is 2.63. The Kier molecular flexibility index (Phi) is 6.77. The number of sulfonamides is 1. The molecule has 3 rings (SSSR count). The number of carboxylic acid groups (broad SMARTS) is 2. The number of para-hydroxylation sites is 1. The van der Waals surface area contributed by atoms with Crippen LogP contribution in [0.1, 0.15) is 23.6 Å². The molecule has 1 atom stereocenters. The third-order valence-electron chi connectivity index (χ3n) is 3.63. The van der Waals surface area contributed by atoms with Gasteiger partial charge in [-0.2, -0.15) is 0 Å². The van der Waals surface area contributed by atoms with Gasteiger partial charge in [-0.25, -0.2) is 23.0 Å². The number of rotatable bonds is 5. The Hall–Kier alpha value is -3.34. The fourth-order valence-corrected chi connectivity index (χ4v) is 3.19. The summed E-state index contributed by atoms with van der Waals surface area (Å²) in [6.45, 7) is 0.541. The monoisotopic (exact) mass is 409 g/mol. The van der Waals surface area contributed by atoms with E-state index in [1.54, 1.807) is 18.6 Å². The first-order valence-corrected chi connectivity index (χ1v) is 9.92. The van der Waals surface area contributed by atoms with E-state index in [-0.39, 0.29) is 5.92 Å². The smallest absolute Gasteiger partial charge is 0.328 e. The second-order valence-electron chi connectivity index (χ2n) is 5.80. The minimum absolute atomic E-state index is 0.141. The van der Waals surface area contributed by atoms with E-state index >= 15 is 0 Å². The van der Waals surface area contributed by atoms with Gasteiger partial charge in [0.05, 0.1) is 24.9 Å². The molecule has 0 radical (unpaired) electrons. The van der Waals surface area contributed by atoms with Crippen molar-refractivity contribution < 1.29 is 33.0 Å². The third-order valence-corrected chi connectivity index (χ3v) is 4.22. The van der Waals surface area contributed by atoms with E-state index in [0.29, 0.717) is 30.2 Å². The van der Waals surface area contributed by atoms with E-state index < -0.39 is 22.0 Å². The quantitative estimate of drug-likeness (QED) is 0.539. The molecule has 11 heteroatoms. The number of aromatic amines is 1. The maximum Gasteiger partial charge on any atom is 0.328 e. The van der Waals surface area contributed by atoms with Gasteiger partial charge in [-0.1, -0.05) is 12.1 Å². The van der Waals surface area contributed by atoms with Gasteiger partial charge < -0.3 is 19.9 Å². The minimum Gasteiger partial charge on any atom is -0.491 e. The number of hydrogen-bond acceptors (Lipinski definition) is 6. The number of anilines is 1. The molecule has 0 bridgehead atoms. The Labute approximate surface area is 160 Å². The summed E-state index contributed by atoms with van der Waals surface area (Å²) in [5.74, 6) is -1.77. The SMILES string of the molecule is CS(=O)(=O)Nc1cccc2c1OCCC2c1cnc[nH]1.O=C(O)/C=C\C(=O)O. The number of hydrogen-bond donors (Lipinski definition) is 4. The van der Waals surface area contributed by atoms with Gasteiger partial charge in [0.25, 0.3) is 0 Å². The Morgan fingerprint density at radius 1 is 1.29 bits per heavy atom. The fraction of sp³-hybridized carbons (Fsp3) is 0.235. The van der Waals surface area contributed by atoms with E-state index in [1.165, 1.54) is 0 Å². The molecule has 2 heterocycles. The van der Waals surface area contributed by atoms with Crippen LogP contribution in [0.4, 0.5) is 5.69 Å². The van der Waals surface area contributed by atoms with Crippen LogP contribution in [0.25, 0.3) is 0 Å². The van der Waals surface area contributed by atoms with Gasteiger partial charge in [0.1, 0.15) is 5.75 Å². The summed E-state index contributed by atoms with van der Waals surface area (Å²) >= 11 is 0. The summed E-state index contributed by atoms with van der Waals surface area (Å²) in [6, 6.07) is 5.48. The van der Waals surface area contributed by atoms with Crippen molar-refractivity contribution in [3.63, 3.8) is 0 Å². The van der Waals surface area contributed by atoms with Crippen molar-refractivity contribution in [1.82, 2.24) is 9.97 Å². The maximum atomic E-state index is 11.4.